The highest BCUT2D eigenvalue weighted by Crippen LogP contribution is 2.23. The van der Waals surface area contributed by atoms with Crippen molar-refractivity contribution in [2.45, 2.75) is 64.5 Å². The van der Waals surface area contributed by atoms with Gasteiger partial charge in [0.25, 0.3) is 0 Å². The van der Waals surface area contributed by atoms with E-state index < -0.39 is 23.6 Å². The lowest BCUT2D eigenvalue weighted by Crippen LogP contribution is -2.33. The molecule has 2 heterocycles. The van der Waals surface area contributed by atoms with Gasteiger partial charge in [0.05, 0.1) is 39.6 Å². The minimum atomic E-state index is -0.597. The fourth-order valence-electron chi connectivity index (χ4n) is 2.72. The average molecular weight is 388 g/mol. The Labute approximate surface area is 161 Å². The summed E-state index contributed by atoms with van der Waals surface area (Å²) in [5, 5.41) is 0. The van der Waals surface area contributed by atoms with E-state index in [0.29, 0.717) is 32.0 Å². The molecule has 156 valence electrons. The van der Waals surface area contributed by atoms with Gasteiger partial charge >= 0.3 is 5.97 Å². The molecule has 0 aliphatic carbocycles. The van der Waals surface area contributed by atoms with Crippen molar-refractivity contribution in [2.75, 3.05) is 39.6 Å². The molecule has 8 nitrogen and oxygen atoms in total. The molecule has 2 rings (SSSR count). The second kappa shape index (κ2) is 9.45. The van der Waals surface area contributed by atoms with Gasteiger partial charge in [0.15, 0.2) is 11.6 Å². The second-order valence-corrected chi connectivity index (χ2v) is 7.78. The van der Waals surface area contributed by atoms with Crippen LogP contribution in [0, 0.1) is 0 Å². The van der Waals surface area contributed by atoms with Crippen molar-refractivity contribution in [3.63, 3.8) is 0 Å². The second-order valence-electron chi connectivity index (χ2n) is 7.78. The smallest absolute Gasteiger partial charge is 0.333 e. The molecular weight excluding hydrogens is 356 g/mol. The van der Waals surface area contributed by atoms with Crippen LogP contribution in [0.4, 0.5) is 0 Å². The summed E-state index contributed by atoms with van der Waals surface area (Å²) in [6.07, 6.45) is -0.853. The number of hydrogen-bond acceptors (Lipinski definition) is 8. The van der Waals surface area contributed by atoms with E-state index in [-0.39, 0.29) is 25.4 Å². The minimum Gasteiger partial charge on any atom is -0.454 e. The van der Waals surface area contributed by atoms with Gasteiger partial charge in [-0.2, -0.15) is 0 Å². The predicted molar refractivity (Wildman–Crippen MR) is 96.1 cm³/mol. The average Bonchev–Trinajstić information content (AvgIpc) is 3.08. The summed E-state index contributed by atoms with van der Waals surface area (Å²) < 4.78 is 39.1. The van der Waals surface area contributed by atoms with Crippen molar-refractivity contribution in [1.82, 2.24) is 0 Å². The number of carbonyl (C=O) groups is 1. The molecule has 8 heteroatoms. The Morgan fingerprint density at radius 1 is 1.00 bits per heavy atom. The Morgan fingerprint density at radius 3 is 1.78 bits per heavy atom. The van der Waals surface area contributed by atoms with E-state index in [1.54, 1.807) is 6.92 Å². The van der Waals surface area contributed by atoms with Crippen LogP contribution in [0.5, 0.6) is 0 Å². The summed E-state index contributed by atoms with van der Waals surface area (Å²) in [7, 11) is 0. The molecule has 0 aromatic carbocycles. The standard InChI is InChI=1S/C19H32O8/c1-13(2)17(20)25-14(7-21-9-15-11-23-18(3,4)26-15)8-22-10-16-12-24-19(5,6)27-16/h14-16H,1,7-12H2,2-6H3. The SMILES string of the molecule is C=C(C)C(=O)OC(COCC1COC(C)(C)O1)COCC1COC(C)(C)O1. The van der Waals surface area contributed by atoms with Crippen LogP contribution in [-0.4, -0.2) is 75.5 Å². The van der Waals surface area contributed by atoms with E-state index in [4.69, 9.17) is 33.2 Å². The lowest BCUT2D eigenvalue weighted by Gasteiger charge is -2.21. The third-order valence-electron chi connectivity index (χ3n) is 3.97. The Kier molecular flexibility index (Phi) is 7.79. The zero-order valence-electron chi connectivity index (χ0n) is 16.9. The van der Waals surface area contributed by atoms with Crippen LogP contribution >= 0.6 is 0 Å². The molecule has 0 bridgehead atoms. The van der Waals surface area contributed by atoms with Crippen molar-refractivity contribution in [3.8, 4) is 0 Å². The van der Waals surface area contributed by atoms with Crippen LogP contribution in [0.3, 0.4) is 0 Å². The van der Waals surface area contributed by atoms with Gasteiger partial charge in [0.1, 0.15) is 18.3 Å². The van der Waals surface area contributed by atoms with E-state index >= 15 is 0 Å². The lowest BCUT2D eigenvalue weighted by molar-refractivity contribution is -0.159. The van der Waals surface area contributed by atoms with Crippen LogP contribution in [0.2, 0.25) is 0 Å². The zero-order chi connectivity index (χ0) is 20.1. The molecule has 2 fully saturated rings. The molecule has 0 N–H and O–H groups in total. The van der Waals surface area contributed by atoms with Crippen molar-refractivity contribution in [3.05, 3.63) is 12.2 Å². The van der Waals surface area contributed by atoms with Gasteiger partial charge in [-0.3, -0.25) is 0 Å². The topological polar surface area (TPSA) is 81.7 Å². The molecular formula is C19H32O8. The molecule has 0 amide bonds. The summed E-state index contributed by atoms with van der Waals surface area (Å²) in [5.41, 5.74) is 0.323. The fourth-order valence-corrected chi connectivity index (χ4v) is 2.72. The molecule has 0 aromatic heterocycles. The molecule has 2 atom stereocenters. The third kappa shape index (κ3) is 7.85. The number of ether oxygens (including phenoxy) is 7. The van der Waals surface area contributed by atoms with Crippen LogP contribution in [0.1, 0.15) is 34.6 Å². The fraction of sp³-hybridized carbons (Fsp3) is 0.842. The van der Waals surface area contributed by atoms with Crippen LogP contribution in [0.15, 0.2) is 12.2 Å². The van der Waals surface area contributed by atoms with Crippen molar-refractivity contribution >= 4 is 5.97 Å². The number of carbonyl (C=O) groups excluding carboxylic acids is 1. The van der Waals surface area contributed by atoms with E-state index in [0.717, 1.165) is 0 Å². The van der Waals surface area contributed by atoms with Gasteiger partial charge in [-0.05, 0) is 34.6 Å². The summed E-state index contributed by atoms with van der Waals surface area (Å²) in [6.45, 7) is 14.6. The number of hydrogen-bond donors (Lipinski definition) is 0. The van der Waals surface area contributed by atoms with Crippen molar-refractivity contribution in [2.24, 2.45) is 0 Å². The normalized spacial score (nSPS) is 27.4. The molecule has 27 heavy (non-hydrogen) atoms. The Balaban J connectivity index is 1.73. The first-order chi connectivity index (χ1) is 12.6. The Hall–Kier alpha value is -1.03. The van der Waals surface area contributed by atoms with Crippen LogP contribution < -0.4 is 0 Å². The number of esters is 1. The van der Waals surface area contributed by atoms with Gasteiger partial charge in [0, 0.05) is 5.57 Å². The summed E-state index contributed by atoms with van der Waals surface area (Å²) in [5.74, 6) is -1.67. The molecule has 2 aliphatic heterocycles. The molecule has 0 saturated carbocycles. The zero-order valence-corrected chi connectivity index (χ0v) is 16.9. The van der Waals surface area contributed by atoms with E-state index in [1.807, 2.05) is 27.7 Å². The van der Waals surface area contributed by atoms with Gasteiger partial charge in [-0.1, -0.05) is 6.58 Å². The lowest BCUT2D eigenvalue weighted by atomic mass is 10.3. The van der Waals surface area contributed by atoms with Crippen LogP contribution in [-0.2, 0) is 38.0 Å². The summed E-state index contributed by atoms with van der Waals surface area (Å²) in [4.78, 5) is 11.8. The number of rotatable bonds is 10. The monoisotopic (exact) mass is 388 g/mol. The van der Waals surface area contributed by atoms with Gasteiger partial charge in [-0.25, -0.2) is 4.79 Å². The molecule has 0 radical (unpaired) electrons. The molecule has 2 aliphatic rings. The highest BCUT2D eigenvalue weighted by atomic mass is 16.8. The van der Waals surface area contributed by atoms with Crippen molar-refractivity contribution < 1.29 is 38.0 Å². The summed E-state index contributed by atoms with van der Waals surface area (Å²) >= 11 is 0. The predicted octanol–water partition coefficient (Wildman–Crippen LogP) is 1.81. The van der Waals surface area contributed by atoms with Gasteiger partial charge in [-0.15, -0.1) is 0 Å². The molecule has 2 unspecified atom stereocenters. The Bertz CT molecular complexity index is 484. The first-order valence-corrected chi connectivity index (χ1v) is 9.22. The van der Waals surface area contributed by atoms with E-state index in [9.17, 15) is 4.79 Å². The molecule has 2 saturated heterocycles. The highest BCUT2D eigenvalue weighted by molar-refractivity contribution is 5.87. The highest BCUT2D eigenvalue weighted by Gasteiger charge is 2.34. The Morgan fingerprint density at radius 2 is 1.44 bits per heavy atom. The first-order valence-electron chi connectivity index (χ1n) is 9.22. The maximum atomic E-state index is 11.8. The molecule has 0 spiro atoms. The first kappa shape index (κ1) is 22.3. The van der Waals surface area contributed by atoms with Gasteiger partial charge in [0.2, 0.25) is 0 Å². The van der Waals surface area contributed by atoms with E-state index in [2.05, 4.69) is 6.58 Å². The van der Waals surface area contributed by atoms with Gasteiger partial charge < -0.3 is 33.2 Å². The van der Waals surface area contributed by atoms with Crippen LogP contribution in [0.25, 0.3) is 0 Å². The maximum absolute atomic E-state index is 11.8. The quantitative estimate of drug-likeness (QED) is 0.414. The molecule has 0 aromatic rings. The third-order valence-corrected chi connectivity index (χ3v) is 3.97. The maximum Gasteiger partial charge on any atom is 0.333 e. The van der Waals surface area contributed by atoms with E-state index in [1.165, 1.54) is 0 Å². The largest absolute Gasteiger partial charge is 0.454 e. The summed E-state index contributed by atoms with van der Waals surface area (Å²) in [6, 6.07) is 0. The van der Waals surface area contributed by atoms with Crippen molar-refractivity contribution in [1.29, 1.82) is 0 Å². The minimum absolute atomic E-state index is 0.148.